The predicted octanol–water partition coefficient (Wildman–Crippen LogP) is 0.995. The lowest BCUT2D eigenvalue weighted by Crippen LogP contribution is -2.26. The Kier molecular flexibility index (Phi) is 4.93. The van der Waals surface area contributed by atoms with Crippen molar-refractivity contribution in [2.75, 3.05) is 29.5 Å². The molecule has 1 rings (SSSR count). The van der Waals surface area contributed by atoms with E-state index < -0.39 is 0 Å². The van der Waals surface area contributed by atoms with Crippen molar-refractivity contribution in [1.82, 2.24) is 15.0 Å². The molecule has 0 fully saturated rings. The van der Waals surface area contributed by atoms with Gasteiger partial charge in [0, 0.05) is 13.1 Å². The third-order valence-corrected chi connectivity index (χ3v) is 2.06. The average molecular weight is 234 g/mol. The van der Waals surface area contributed by atoms with Crippen LogP contribution in [0.1, 0.15) is 13.8 Å². The number of nitrogens with two attached hydrogens (primary N) is 2. The van der Waals surface area contributed by atoms with Crippen LogP contribution in [0.3, 0.4) is 0 Å². The maximum absolute atomic E-state index is 5.55. The molecule has 0 aromatic carbocycles. The molecule has 0 spiro atoms. The van der Waals surface area contributed by atoms with Crippen molar-refractivity contribution in [3.8, 4) is 0 Å². The van der Waals surface area contributed by atoms with E-state index in [-0.39, 0.29) is 11.9 Å². The Hall–Kier alpha value is -2.11. The molecular formula is C11H18N6. The lowest BCUT2D eigenvalue weighted by molar-refractivity contribution is 0.878. The highest BCUT2D eigenvalue weighted by Crippen LogP contribution is 2.10. The second kappa shape index (κ2) is 6.47. The molecular weight excluding hydrogens is 216 g/mol. The van der Waals surface area contributed by atoms with Gasteiger partial charge in [0.1, 0.15) is 0 Å². The van der Waals surface area contributed by atoms with Gasteiger partial charge in [0.2, 0.25) is 17.8 Å². The molecule has 92 valence electrons. The summed E-state index contributed by atoms with van der Waals surface area (Å²) in [6.07, 6.45) is 7.96. The number of nitrogens with zero attached hydrogens (tertiary/aromatic N) is 4. The van der Waals surface area contributed by atoms with Crippen molar-refractivity contribution in [3.05, 3.63) is 24.3 Å². The zero-order chi connectivity index (χ0) is 12.7. The molecule has 6 heteroatoms. The van der Waals surface area contributed by atoms with E-state index in [0.717, 1.165) is 0 Å². The number of nitrogen functional groups attached to an aromatic ring is 2. The maximum atomic E-state index is 5.55. The zero-order valence-electron chi connectivity index (χ0n) is 10.2. The summed E-state index contributed by atoms with van der Waals surface area (Å²) in [5, 5.41) is 0. The lowest BCUT2D eigenvalue weighted by Gasteiger charge is -2.19. The monoisotopic (exact) mass is 234 g/mol. The Bertz CT molecular complexity index is 378. The molecule has 0 unspecified atom stereocenters. The molecule has 1 heterocycles. The van der Waals surface area contributed by atoms with E-state index in [1.165, 1.54) is 0 Å². The van der Waals surface area contributed by atoms with Gasteiger partial charge < -0.3 is 16.4 Å². The van der Waals surface area contributed by atoms with Gasteiger partial charge in [-0.1, -0.05) is 24.3 Å². The van der Waals surface area contributed by atoms with Gasteiger partial charge in [-0.3, -0.25) is 0 Å². The third-order valence-electron chi connectivity index (χ3n) is 2.06. The Labute approximate surface area is 101 Å². The van der Waals surface area contributed by atoms with E-state index in [0.29, 0.717) is 19.0 Å². The highest BCUT2D eigenvalue weighted by Gasteiger charge is 2.08. The highest BCUT2D eigenvalue weighted by atomic mass is 15.3. The van der Waals surface area contributed by atoms with Crippen molar-refractivity contribution in [2.45, 2.75) is 13.8 Å². The SMILES string of the molecule is CC=CCN(CC=CC)c1nc(N)nc(N)n1. The fourth-order valence-electron chi connectivity index (χ4n) is 1.24. The molecule has 0 radical (unpaired) electrons. The molecule has 0 saturated carbocycles. The second-order valence-electron chi connectivity index (χ2n) is 3.39. The zero-order valence-corrected chi connectivity index (χ0v) is 10.2. The first-order valence-electron chi connectivity index (χ1n) is 5.41. The first kappa shape index (κ1) is 13.0. The van der Waals surface area contributed by atoms with Crippen LogP contribution in [-0.2, 0) is 0 Å². The van der Waals surface area contributed by atoms with Gasteiger partial charge in [0.15, 0.2) is 0 Å². The normalized spacial score (nSPS) is 11.4. The Balaban J connectivity index is 2.93. The van der Waals surface area contributed by atoms with E-state index in [2.05, 4.69) is 15.0 Å². The van der Waals surface area contributed by atoms with E-state index in [1.807, 2.05) is 43.1 Å². The molecule has 4 N–H and O–H groups in total. The quantitative estimate of drug-likeness (QED) is 0.738. The standard InChI is InChI=1S/C11H18N6/c1-3-5-7-17(8-6-4-2)11-15-9(12)14-10(13)16-11/h3-6H,7-8H2,1-2H3,(H4,12,13,14,15,16). The predicted molar refractivity (Wildman–Crippen MR) is 70.5 cm³/mol. The highest BCUT2D eigenvalue weighted by molar-refractivity contribution is 5.40. The van der Waals surface area contributed by atoms with E-state index in [4.69, 9.17) is 11.5 Å². The van der Waals surface area contributed by atoms with E-state index >= 15 is 0 Å². The summed E-state index contributed by atoms with van der Waals surface area (Å²) >= 11 is 0. The largest absolute Gasteiger partial charge is 0.368 e. The average Bonchev–Trinajstić information content (AvgIpc) is 2.28. The summed E-state index contributed by atoms with van der Waals surface area (Å²) in [5.41, 5.74) is 11.1. The van der Waals surface area contributed by atoms with E-state index in [9.17, 15) is 0 Å². The summed E-state index contributed by atoms with van der Waals surface area (Å²) in [6, 6.07) is 0. The molecule has 0 aliphatic carbocycles. The first-order valence-corrected chi connectivity index (χ1v) is 5.41. The fourth-order valence-corrected chi connectivity index (χ4v) is 1.24. The van der Waals surface area contributed by atoms with Crippen LogP contribution in [0.5, 0.6) is 0 Å². The molecule has 0 amide bonds. The van der Waals surface area contributed by atoms with Crippen LogP contribution in [0.25, 0.3) is 0 Å². The minimum absolute atomic E-state index is 0.137. The van der Waals surface area contributed by atoms with Crippen LogP contribution < -0.4 is 16.4 Å². The fraction of sp³-hybridized carbons (Fsp3) is 0.364. The van der Waals surface area contributed by atoms with Crippen LogP contribution in [0, 0.1) is 0 Å². The molecule has 0 aliphatic rings. The van der Waals surface area contributed by atoms with Crippen molar-refractivity contribution in [3.63, 3.8) is 0 Å². The first-order chi connectivity index (χ1) is 8.17. The lowest BCUT2D eigenvalue weighted by atomic mass is 10.4. The molecule has 6 nitrogen and oxygen atoms in total. The van der Waals surface area contributed by atoms with Crippen LogP contribution in [0.15, 0.2) is 24.3 Å². The Morgan fingerprint density at radius 1 is 0.941 bits per heavy atom. The van der Waals surface area contributed by atoms with Crippen LogP contribution in [0.4, 0.5) is 17.8 Å². The summed E-state index contributed by atoms with van der Waals surface area (Å²) in [7, 11) is 0. The van der Waals surface area contributed by atoms with Crippen molar-refractivity contribution < 1.29 is 0 Å². The van der Waals surface area contributed by atoms with E-state index in [1.54, 1.807) is 0 Å². The number of anilines is 3. The smallest absolute Gasteiger partial charge is 0.232 e. The summed E-state index contributed by atoms with van der Waals surface area (Å²) in [5.74, 6) is 0.767. The number of hydrogen-bond acceptors (Lipinski definition) is 6. The summed E-state index contributed by atoms with van der Waals surface area (Å²) < 4.78 is 0. The minimum atomic E-state index is 0.137. The van der Waals surface area contributed by atoms with Crippen LogP contribution in [-0.4, -0.2) is 28.0 Å². The van der Waals surface area contributed by atoms with Gasteiger partial charge in [0.25, 0.3) is 0 Å². The van der Waals surface area contributed by atoms with Gasteiger partial charge in [-0.05, 0) is 13.8 Å². The molecule has 1 aromatic rings. The summed E-state index contributed by atoms with van der Waals surface area (Å²) in [4.78, 5) is 13.8. The van der Waals surface area contributed by atoms with Gasteiger partial charge in [-0.15, -0.1) is 0 Å². The number of rotatable bonds is 5. The Morgan fingerprint density at radius 3 is 1.82 bits per heavy atom. The number of hydrogen-bond donors (Lipinski definition) is 2. The Morgan fingerprint density at radius 2 is 1.41 bits per heavy atom. The van der Waals surface area contributed by atoms with Crippen molar-refractivity contribution in [2.24, 2.45) is 0 Å². The molecule has 0 saturated heterocycles. The molecule has 17 heavy (non-hydrogen) atoms. The minimum Gasteiger partial charge on any atom is -0.368 e. The number of aromatic nitrogens is 3. The summed E-state index contributed by atoms with van der Waals surface area (Å²) in [6.45, 7) is 5.32. The topological polar surface area (TPSA) is 94.0 Å². The molecule has 0 atom stereocenters. The molecule has 1 aromatic heterocycles. The van der Waals surface area contributed by atoms with Gasteiger partial charge >= 0.3 is 0 Å². The van der Waals surface area contributed by atoms with Gasteiger partial charge in [-0.25, -0.2) is 0 Å². The van der Waals surface area contributed by atoms with Gasteiger partial charge in [-0.2, -0.15) is 15.0 Å². The van der Waals surface area contributed by atoms with Crippen molar-refractivity contribution in [1.29, 1.82) is 0 Å². The van der Waals surface area contributed by atoms with Crippen LogP contribution >= 0.6 is 0 Å². The molecule has 0 bridgehead atoms. The van der Waals surface area contributed by atoms with Crippen LogP contribution in [0.2, 0.25) is 0 Å². The van der Waals surface area contributed by atoms with Crippen molar-refractivity contribution >= 4 is 17.8 Å². The maximum Gasteiger partial charge on any atom is 0.232 e. The number of allylic oxidation sites excluding steroid dienone is 2. The molecule has 0 aliphatic heterocycles. The van der Waals surface area contributed by atoms with Gasteiger partial charge in [0.05, 0.1) is 0 Å². The third kappa shape index (κ3) is 4.10. The second-order valence-corrected chi connectivity index (χ2v) is 3.39.